The van der Waals surface area contributed by atoms with Crippen molar-refractivity contribution in [3.8, 4) is 0 Å². The van der Waals surface area contributed by atoms with Crippen molar-refractivity contribution < 1.29 is 0 Å². The van der Waals surface area contributed by atoms with E-state index in [9.17, 15) is 0 Å². The minimum absolute atomic E-state index is 0.655. The lowest BCUT2D eigenvalue weighted by Gasteiger charge is -2.05. The Morgan fingerprint density at radius 1 is 1.00 bits per heavy atom. The second-order valence-corrected chi connectivity index (χ2v) is 4.41. The van der Waals surface area contributed by atoms with E-state index in [1.54, 1.807) is 19.3 Å². The number of aromatic nitrogens is 1. The molecule has 0 aliphatic carbocycles. The number of fused-ring (bicyclic) bond motifs is 3. The Bertz CT molecular complexity index is 784. The third kappa shape index (κ3) is 1.84. The minimum Gasteiger partial charge on any atom is -0.278 e. The van der Waals surface area contributed by atoms with E-state index in [1.165, 1.54) is 10.8 Å². The monoisotopic (exact) mass is 261 g/mol. The zero-order valence-electron chi connectivity index (χ0n) is 11.3. The van der Waals surface area contributed by atoms with E-state index in [-0.39, 0.29) is 0 Å². The van der Waals surface area contributed by atoms with Crippen molar-refractivity contribution >= 4 is 34.0 Å². The number of aliphatic imine (C=N–C) groups is 2. The molecule has 0 bridgehead atoms. The van der Waals surface area contributed by atoms with Crippen molar-refractivity contribution in [1.29, 1.82) is 0 Å². The van der Waals surface area contributed by atoms with Gasteiger partial charge in [0.2, 0.25) is 5.96 Å². The Labute approximate surface area is 117 Å². The maximum atomic E-state index is 4.37. The van der Waals surface area contributed by atoms with Gasteiger partial charge in [-0.1, -0.05) is 49.1 Å². The normalized spacial score (nSPS) is 12.6. The summed E-state index contributed by atoms with van der Waals surface area (Å²) in [4.78, 5) is 8.68. The SMILES string of the molecule is C=C/C=N\C(=NC)n1c2ccccc2c2ccccc21. The van der Waals surface area contributed by atoms with E-state index in [0.717, 1.165) is 11.0 Å². The van der Waals surface area contributed by atoms with Gasteiger partial charge in [0.15, 0.2) is 0 Å². The van der Waals surface area contributed by atoms with Crippen molar-refractivity contribution in [3.63, 3.8) is 0 Å². The summed E-state index contributed by atoms with van der Waals surface area (Å²) < 4.78 is 2.07. The van der Waals surface area contributed by atoms with Crippen molar-refractivity contribution in [2.75, 3.05) is 7.05 Å². The summed E-state index contributed by atoms with van der Waals surface area (Å²) in [6.45, 7) is 3.66. The summed E-state index contributed by atoms with van der Waals surface area (Å²) in [6.07, 6.45) is 3.31. The molecule has 3 rings (SSSR count). The molecule has 0 N–H and O–H groups in total. The number of nitrogens with zero attached hydrogens (tertiary/aromatic N) is 3. The Kier molecular flexibility index (Phi) is 3.17. The molecule has 0 saturated heterocycles. The van der Waals surface area contributed by atoms with Crippen LogP contribution in [0.1, 0.15) is 0 Å². The van der Waals surface area contributed by atoms with Gasteiger partial charge in [-0.15, -0.1) is 0 Å². The maximum Gasteiger partial charge on any atom is 0.229 e. The van der Waals surface area contributed by atoms with Crippen LogP contribution in [-0.4, -0.2) is 23.8 Å². The van der Waals surface area contributed by atoms with E-state index >= 15 is 0 Å². The summed E-state index contributed by atoms with van der Waals surface area (Å²) in [6, 6.07) is 16.6. The van der Waals surface area contributed by atoms with Crippen LogP contribution in [0.3, 0.4) is 0 Å². The van der Waals surface area contributed by atoms with E-state index in [0.29, 0.717) is 5.96 Å². The standard InChI is InChI=1S/C17H15N3/c1-3-12-19-17(18-2)20-15-10-6-4-8-13(15)14-9-5-7-11-16(14)20/h3-12H,1H2,2H3/b18-17?,19-12-. The number of benzene rings is 2. The first-order chi connectivity index (χ1) is 9.86. The minimum atomic E-state index is 0.655. The Morgan fingerprint density at radius 2 is 1.55 bits per heavy atom. The van der Waals surface area contributed by atoms with Crippen molar-refractivity contribution in [2.24, 2.45) is 9.98 Å². The Hall–Kier alpha value is -2.68. The van der Waals surface area contributed by atoms with Crippen LogP contribution in [0.5, 0.6) is 0 Å². The third-order valence-corrected chi connectivity index (χ3v) is 3.28. The molecule has 0 fully saturated rings. The zero-order valence-corrected chi connectivity index (χ0v) is 11.3. The molecule has 3 aromatic rings. The molecule has 0 amide bonds. The lowest BCUT2D eigenvalue weighted by atomic mass is 10.2. The van der Waals surface area contributed by atoms with Crippen LogP contribution < -0.4 is 0 Å². The molecule has 0 saturated carbocycles. The van der Waals surface area contributed by atoms with E-state index in [4.69, 9.17) is 0 Å². The zero-order chi connectivity index (χ0) is 13.9. The molecule has 3 nitrogen and oxygen atoms in total. The van der Waals surface area contributed by atoms with Crippen LogP contribution in [0.15, 0.2) is 71.2 Å². The van der Waals surface area contributed by atoms with Crippen molar-refractivity contribution in [2.45, 2.75) is 0 Å². The van der Waals surface area contributed by atoms with Crippen LogP contribution in [-0.2, 0) is 0 Å². The average Bonchev–Trinajstić information content (AvgIpc) is 2.84. The highest BCUT2D eigenvalue weighted by molar-refractivity contribution is 6.14. The van der Waals surface area contributed by atoms with Gasteiger partial charge in [0.05, 0.1) is 11.0 Å². The van der Waals surface area contributed by atoms with E-state index in [1.807, 2.05) is 12.1 Å². The molecule has 0 aliphatic heterocycles. The molecule has 0 radical (unpaired) electrons. The van der Waals surface area contributed by atoms with Crippen molar-refractivity contribution in [3.05, 3.63) is 61.2 Å². The molecular formula is C17H15N3. The van der Waals surface area contributed by atoms with Gasteiger partial charge < -0.3 is 0 Å². The average molecular weight is 261 g/mol. The predicted octanol–water partition coefficient (Wildman–Crippen LogP) is 3.89. The molecule has 2 aromatic carbocycles. The first-order valence-corrected chi connectivity index (χ1v) is 6.47. The van der Waals surface area contributed by atoms with Crippen LogP contribution in [0.2, 0.25) is 0 Å². The fourth-order valence-corrected chi connectivity index (χ4v) is 2.47. The van der Waals surface area contributed by atoms with Gasteiger partial charge in [-0.3, -0.25) is 9.56 Å². The summed E-state index contributed by atoms with van der Waals surface area (Å²) in [7, 11) is 1.75. The smallest absolute Gasteiger partial charge is 0.229 e. The second-order valence-electron chi connectivity index (χ2n) is 4.41. The number of allylic oxidation sites excluding steroid dienone is 1. The van der Waals surface area contributed by atoms with Crippen LogP contribution in [0.25, 0.3) is 21.8 Å². The van der Waals surface area contributed by atoms with Crippen LogP contribution in [0, 0.1) is 0 Å². The maximum absolute atomic E-state index is 4.37. The Balaban J connectivity index is 2.42. The summed E-state index contributed by atoms with van der Waals surface area (Å²) in [5.74, 6) is 0.655. The highest BCUT2D eigenvalue weighted by Gasteiger charge is 2.12. The first kappa shape index (κ1) is 12.4. The quantitative estimate of drug-likeness (QED) is 0.470. The molecule has 0 unspecified atom stereocenters. The summed E-state index contributed by atoms with van der Waals surface area (Å²) in [5.41, 5.74) is 2.21. The molecule has 3 heteroatoms. The number of hydrogen-bond acceptors (Lipinski definition) is 1. The highest BCUT2D eigenvalue weighted by Crippen LogP contribution is 2.28. The molecule has 98 valence electrons. The van der Waals surface area contributed by atoms with Crippen LogP contribution in [0.4, 0.5) is 0 Å². The highest BCUT2D eigenvalue weighted by atomic mass is 15.2. The second kappa shape index (κ2) is 5.13. The molecule has 0 aliphatic rings. The molecule has 1 aromatic heterocycles. The van der Waals surface area contributed by atoms with Gasteiger partial charge in [-0.05, 0) is 12.1 Å². The molecular weight excluding hydrogens is 246 g/mol. The largest absolute Gasteiger partial charge is 0.278 e. The van der Waals surface area contributed by atoms with Crippen molar-refractivity contribution in [1.82, 2.24) is 4.57 Å². The molecule has 20 heavy (non-hydrogen) atoms. The van der Waals surface area contributed by atoms with E-state index < -0.39 is 0 Å². The van der Waals surface area contributed by atoms with Crippen LogP contribution >= 0.6 is 0 Å². The van der Waals surface area contributed by atoms with Gasteiger partial charge in [0.1, 0.15) is 0 Å². The first-order valence-electron chi connectivity index (χ1n) is 6.47. The van der Waals surface area contributed by atoms with Gasteiger partial charge in [-0.2, -0.15) is 0 Å². The summed E-state index contributed by atoms with van der Waals surface area (Å²) >= 11 is 0. The number of hydrogen-bond donors (Lipinski definition) is 0. The lowest BCUT2D eigenvalue weighted by molar-refractivity contribution is 1.20. The predicted molar refractivity (Wildman–Crippen MR) is 86.9 cm³/mol. The number of rotatable bonds is 1. The van der Waals surface area contributed by atoms with Gasteiger partial charge in [0, 0.05) is 24.0 Å². The lowest BCUT2D eigenvalue weighted by Crippen LogP contribution is -2.08. The van der Waals surface area contributed by atoms with Gasteiger partial charge in [-0.25, -0.2) is 4.99 Å². The van der Waals surface area contributed by atoms with Gasteiger partial charge in [0.25, 0.3) is 0 Å². The molecule has 0 atom stereocenters. The fraction of sp³-hybridized carbons (Fsp3) is 0.0588. The molecule has 0 spiro atoms. The molecule has 1 heterocycles. The fourth-order valence-electron chi connectivity index (χ4n) is 2.47. The Morgan fingerprint density at radius 3 is 2.05 bits per heavy atom. The van der Waals surface area contributed by atoms with Gasteiger partial charge >= 0.3 is 0 Å². The number of para-hydroxylation sites is 2. The van der Waals surface area contributed by atoms with E-state index in [2.05, 4.69) is 57.5 Å². The topological polar surface area (TPSA) is 29.6 Å². The summed E-state index contributed by atoms with van der Waals surface area (Å²) in [5, 5.41) is 2.41. The third-order valence-electron chi connectivity index (χ3n) is 3.28.